The van der Waals surface area contributed by atoms with Crippen LogP contribution in [0.1, 0.15) is 49.9 Å². The first-order valence-electron chi connectivity index (χ1n) is 8.45. The Balaban J connectivity index is 1.93. The molecule has 1 heterocycles. The van der Waals surface area contributed by atoms with Gasteiger partial charge in [0.1, 0.15) is 12.7 Å². The standard InChI is InChI=1S/C19H29N3O2/c1-14-6-7-16(15(2)10-14)11-24-9-8-17(18(23)19(3,4)5)22-13-20-12-21-22/h6-7,10,12-13,17-18,23H,8-9,11H2,1-5H3. The van der Waals surface area contributed by atoms with Gasteiger partial charge in [-0.2, -0.15) is 5.10 Å². The second-order valence-electron chi connectivity index (χ2n) is 7.52. The van der Waals surface area contributed by atoms with Gasteiger partial charge in [-0.25, -0.2) is 9.67 Å². The lowest BCUT2D eigenvalue weighted by Gasteiger charge is -2.32. The van der Waals surface area contributed by atoms with Gasteiger partial charge in [0.25, 0.3) is 0 Å². The molecule has 0 amide bonds. The number of aliphatic hydroxyl groups is 1. The number of hydrogen-bond acceptors (Lipinski definition) is 4. The van der Waals surface area contributed by atoms with Crippen molar-refractivity contribution in [3.63, 3.8) is 0 Å². The summed E-state index contributed by atoms with van der Waals surface area (Å²) in [5, 5.41) is 14.9. The Hall–Kier alpha value is -1.72. The van der Waals surface area contributed by atoms with E-state index in [1.54, 1.807) is 11.0 Å². The summed E-state index contributed by atoms with van der Waals surface area (Å²) in [6.45, 7) is 11.4. The Labute approximate surface area is 144 Å². The molecule has 1 aromatic carbocycles. The summed E-state index contributed by atoms with van der Waals surface area (Å²) in [5.41, 5.74) is 3.48. The summed E-state index contributed by atoms with van der Waals surface area (Å²) < 4.78 is 7.59. The number of ether oxygens (including phenoxy) is 1. The molecule has 132 valence electrons. The van der Waals surface area contributed by atoms with E-state index in [-0.39, 0.29) is 11.5 Å². The highest BCUT2D eigenvalue weighted by atomic mass is 16.5. The van der Waals surface area contributed by atoms with E-state index in [1.165, 1.54) is 23.0 Å². The zero-order chi connectivity index (χ0) is 17.7. The molecule has 0 aliphatic carbocycles. The van der Waals surface area contributed by atoms with E-state index in [2.05, 4.69) is 42.1 Å². The molecule has 5 heteroatoms. The monoisotopic (exact) mass is 331 g/mol. The van der Waals surface area contributed by atoms with Crippen LogP contribution < -0.4 is 0 Å². The number of nitrogens with zero attached hydrogens (tertiary/aromatic N) is 3. The molecule has 0 saturated carbocycles. The lowest BCUT2D eigenvalue weighted by atomic mass is 9.84. The molecule has 5 nitrogen and oxygen atoms in total. The fraction of sp³-hybridized carbons (Fsp3) is 0.579. The molecular formula is C19H29N3O2. The van der Waals surface area contributed by atoms with Crippen LogP contribution in [0.2, 0.25) is 0 Å². The second kappa shape index (κ2) is 7.90. The van der Waals surface area contributed by atoms with Crippen molar-refractivity contribution in [1.82, 2.24) is 14.8 Å². The van der Waals surface area contributed by atoms with Crippen LogP contribution in [0.15, 0.2) is 30.9 Å². The first-order valence-corrected chi connectivity index (χ1v) is 8.45. The fourth-order valence-corrected chi connectivity index (χ4v) is 2.79. The van der Waals surface area contributed by atoms with Crippen molar-refractivity contribution in [2.24, 2.45) is 5.41 Å². The van der Waals surface area contributed by atoms with Gasteiger partial charge in [0, 0.05) is 6.61 Å². The summed E-state index contributed by atoms with van der Waals surface area (Å²) in [4.78, 5) is 4.00. The molecule has 0 radical (unpaired) electrons. The molecule has 1 aromatic heterocycles. The number of hydrogen-bond donors (Lipinski definition) is 1. The quantitative estimate of drug-likeness (QED) is 0.790. The minimum atomic E-state index is -0.524. The van der Waals surface area contributed by atoms with Crippen LogP contribution in [0, 0.1) is 19.3 Å². The molecule has 2 aromatic rings. The molecule has 0 spiro atoms. The number of aliphatic hydroxyl groups excluding tert-OH is 1. The van der Waals surface area contributed by atoms with Crippen molar-refractivity contribution in [2.45, 2.75) is 59.8 Å². The van der Waals surface area contributed by atoms with Crippen LogP contribution in [0.4, 0.5) is 0 Å². The summed E-state index contributed by atoms with van der Waals surface area (Å²) in [6, 6.07) is 6.24. The predicted octanol–water partition coefficient (Wildman–Crippen LogP) is 3.45. The van der Waals surface area contributed by atoms with E-state index in [1.807, 2.05) is 20.8 Å². The number of rotatable bonds is 7. The van der Waals surface area contributed by atoms with Gasteiger partial charge in [0.05, 0.1) is 18.8 Å². The third-order valence-corrected chi connectivity index (χ3v) is 4.34. The SMILES string of the molecule is Cc1ccc(COCCC(C(O)C(C)(C)C)n2cncn2)c(C)c1. The summed E-state index contributed by atoms with van der Waals surface area (Å²) in [6.07, 6.45) is 3.32. The van der Waals surface area contributed by atoms with Gasteiger partial charge >= 0.3 is 0 Å². The molecule has 1 N–H and O–H groups in total. The van der Waals surface area contributed by atoms with Gasteiger partial charge in [0.2, 0.25) is 0 Å². The van der Waals surface area contributed by atoms with Crippen LogP contribution >= 0.6 is 0 Å². The average molecular weight is 331 g/mol. The first-order chi connectivity index (χ1) is 11.3. The van der Waals surface area contributed by atoms with E-state index >= 15 is 0 Å². The fourth-order valence-electron chi connectivity index (χ4n) is 2.79. The Kier molecular flexibility index (Phi) is 6.13. The van der Waals surface area contributed by atoms with Crippen LogP contribution in [0.25, 0.3) is 0 Å². The Morgan fingerprint density at radius 3 is 2.58 bits per heavy atom. The van der Waals surface area contributed by atoms with Crippen molar-refractivity contribution in [2.75, 3.05) is 6.61 Å². The minimum Gasteiger partial charge on any atom is -0.390 e. The highest BCUT2D eigenvalue weighted by molar-refractivity contribution is 5.29. The summed E-state index contributed by atoms with van der Waals surface area (Å²) in [5.74, 6) is 0. The second-order valence-corrected chi connectivity index (χ2v) is 7.52. The summed E-state index contributed by atoms with van der Waals surface area (Å²) in [7, 11) is 0. The van der Waals surface area contributed by atoms with Crippen LogP contribution in [-0.2, 0) is 11.3 Å². The summed E-state index contributed by atoms with van der Waals surface area (Å²) >= 11 is 0. The maximum atomic E-state index is 10.7. The lowest BCUT2D eigenvalue weighted by molar-refractivity contribution is -0.00391. The molecule has 0 fully saturated rings. The zero-order valence-corrected chi connectivity index (χ0v) is 15.4. The number of benzene rings is 1. The number of aromatic nitrogens is 3. The molecule has 0 saturated heterocycles. The van der Waals surface area contributed by atoms with Gasteiger partial charge in [-0.1, -0.05) is 44.5 Å². The third kappa shape index (κ3) is 4.89. The van der Waals surface area contributed by atoms with E-state index in [9.17, 15) is 5.11 Å². The topological polar surface area (TPSA) is 60.2 Å². The molecule has 2 atom stereocenters. The molecule has 2 rings (SSSR count). The Morgan fingerprint density at radius 2 is 2.00 bits per heavy atom. The van der Waals surface area contributed by atoms with Crippen LogP contribution in [-0.4, -0.2) is 32.6 Å². The molecular weight excluding hydrogens is 302 g/mol. The van der Waals surface area contributed by atoms with Crippen molar-refractivity contribution in [1.29, 1.82) is 0 Å². The van der Waals surface area contributed by atoms with Gasteiger partial charge in [-0.15, -0.1) is 0 Å². The van der Waals surface area contributed by atoms with Crippen molar-refractivity contribution in [3.05, 3.63) is 47.5 Å². The Bertz CT molecular complexity index is 633. The van der Waals surface area contributed by atoms with E-state index in [0.717, 1.165) is 0 Å². The third-order valence-electron chi connectivity index (χ3n) is 4.34. The van der Waals surface area contributed by atoms with E-state index < -0.39 is 6.10 Å². The maximum absolute atomic E-state index is 10.7. The maximum Gasteiger partial charge on any atom is 0.137 e. The van der Waals surface area contributed by atoms with Crippen molar-refractivity contribution in [3.8, 4) is 0 Å². The largest absolute Gasteiger partial charge is 0.390 e. The predicted molar refractivity (Wildman–Crippen MR) is 94.7 cm³/mol. The molecule has 0 aliphatic heterocycles. The van der Waals surface area contributed by atoms with Gasteiger partial charge in [0.15, 0.2) is 0 Å². The zero-order valence-electron chi connectivity index (χ0n) is 15.4. The van der Waals surface area contributed by atoms with Gasteiger partial charge < -0.3 is 9.84 Å². The molecule has 0 aliphatic rings. The van der Waals surface area contributed by atoms with E-state index in [4.69, 9.17) is 4.74 Å². The van der Waals surface area contributed by atoms with Gasteiger partial charge in [-0.05, 0) is 36.8 Å². The molecule has 2 unspecified atom stereocenters. The van der Waals surface area contributed by atoms with E-state index in [0.29, 0.717) is 19.6 Å². The van der Waals surface area contributed by atoms with Crippen LogP contribution in [0.5, 0.6) is 0 Å². The number of aryl methyl sites for hydroxylation is 2. The van der Waals surface area contributed by atoms with Crippen LogP contribution in [0.3, 0.4) is 0 Å². The highest BCUT2D eigenvalue weighted by Crippen LogP contribution is 2.30. The molecule has 24 heavy (non-hydrogen) atoms. The average Bonchev–Trinajstić information content (AvgIpc) is 3.01. The smallest absolute Gasteiger partial charge is 0.137 e. The minimum absolute atomic E-state index is 0.147. The highest BCUT2D eigenvalue weighted by Gasteiger charge is 2.32. The van der Waals surface area contributed by atoms with Crippen molar-refractivity contribution < 1.29 is 9.84 Å². The molecule has 0 bridgehead atoms. The van der Waals surface area contributed by atoms with Gasteiger partial charge in [-0.3, -0.25) is 0 Å². The first kappa shape index (κ1) is 18.6. The van der Waals surface area contributed by atoms with Crippen molar-refractivity contribution >= 4 is 0 Å². The Morgan fingerprint density at radius 1 is 1.25 bits per heavy atom. The normalized spacial score (nSPS) is 14.6. The lowest BCUT2D eigenvalue weighted by Crippen LogP contribution is -2.36.